The van der Waals surface area contributed by atoms with Crippen molar-refractivity contribution in [2.45, 2.75) is 37.9 Å². The van der Waals surface area contributed by atoms with E-state index in [4.69, 9.17) is 5.11 Å². The first kappa shape index (κ1) is 10.7. The van der Waals surface area contributed by atoms with Gasteiger partial charge in [-0.15, -0.1) is 0 Å². The molecule has 2 unspecified atom stereocenters. The van der Waals surface area contributed by atoms with Gasteiger partial charge < -0.3 is 15.3 Å². The zero-order chi connectivity index (χ0) is 10.1. The Bertz CT molecular complexity index is 205. The van der Waals surface area contributed by atoms with Gasteiger partial charge in [0.2, 0.25) is 0 Å². The van der Waals surface area contributed by atoms with Crippen molar-refractivity contribution < 1.29 is 15.3 Å². The van der Waals surface area contributed by atoms with Crippen molar-refractivity contribution in [3.63, 3.8) is 0 Å². The Balaban J connectivity index is 2.67. The lowest BCUT2D eigenvalue weighted by molar-refractivity contribution is -0.0158. The Morgan fingerprint density at radius 3 is 2.46 bits per heavy atom. The highest BCUT2D eigenvalue weighted by Gasteiger charge is 2.33. The summed E-state index contributed by atoms with van der Waals surface area (Å²) < 4.78 is 0. The van der Waals surface area contributed by atoms with Crippen molar-refractivity contribution in [1.29, 1.82) is 0 Å². The summed E-state index contributed by atoms with van der Waals surface area (Å²) in [4.78, 5) is 0. The van der Waals surface area contributed by atoms with Gasteiger partial charge in [0.15, 0.2) is 0 Å². The summed E-state index contributed by atoms with van der Waals surface area (Å²) in [5, 5.41) is 28.2. The maximum atomic E-state index is 9.69. The number of aliphatic hydroxyl groups excluding tert-OH is 1. The highest BCUT2D eigenvalue weighted by molar-refractivity contribution is 5.10. The van der Waals surface area contributed by atoms with Crippen molar-refractivity contribution >= 4 is 0 Å². The molecule has 1 aliphatic rings. The van der Waals surface area contributed by atoms with E-state index in [2.05, 4.69) is 0 Å². The van der Waals surface area contributed by atoms with Crippen LogP contribution in [0.4, 0.5) is 0 Å². The summed E-state index contributed by atoms with van der Waals surface area (Å²) in [6, 6.07) is 0. The fraction of sp³-hybridized carbons (Fsp3) is 0.800. The lowest BCUT2D eigenvalue weighted by Gasteiger charge is -2.34. The molecule has 0 fully saturated rings. The molecule has 0 radical (unpaired) electrons. The SMILES string of the molecule is CC(C)(O)C1C=CC(O)(CO)CC1. The fourth-order valence-corrected chi connectivity index (χ4v) is 1.60. The molecule has 0 aromatic heterocycles. The molecule has 76 valence electrons. The van der Waals surface area contributed by atoms with Crippen molar-refractivity contribution in [2.75, 3.05) is 6.61 Å². The number of aliphatic hydroxyl groups is 3. The van der Waals surface area contributed by atoms with E-state index < -0.39 is 11.2 Å². The molecule has 2 atom stereocenters. The quantitative estimate of drug-likeness (QED) is 0.549. The van der Waals surface area contributed by atoms with Gasteiger partial charge in [0.25, 0.3) is 0 Å². The molecule has 0 amide bonds. The minimum absolute atomic E-state index is 0.0688. The average Bonchev–Trinajstić information content (AvgIpc) is 2.04. The molecule has 3 N–H and O–H groups in total. The van der Waals surface area contributed by atoms with Crippen LogP contribution in [0.15, 0.2) is 12.2 Å². The molecule has 3 heteroatoms. The van der Waals surface area contributed by atoms with E-state index in [9.17, 15) is 10.2 Å². The summed E-state index contributed by atoms with van der Waals surface area (Å²) in [7, 11) is 0. The van der Waals surface area contributed by atoms with Crippen LogP contribution >= 0.6 is 0 Å². The van der Waals surface area contributed by atoms with Crippen LogP contribution < -0.4 is 0 Å². The van der Waals surface area contributed by atoms with Gasteiger partial charge in [0, 0.05) is 5.92 Å². The second kappa shape index (κ2) is 3.40. The predicted molar refractivity (Wildman–Crippen MR) is 50.2 cm³/mol. The Morgan fingerprint density at radius 1 is 1.54 bits per heavy atom. The number of hydrogen-bond acceptors (Lipinski definition) is 3. The van der Waals surface area contributed by atoms with E-state index in [0.29, 0.717) is 12.8 Å². The molecule has 1 rings (SSSR count). The third-order valence-corrected chi connectivity index (χ3v) is 2.71. The van der Waals surface area contributed by atoms with Gasteiger partial charge in [-0.2, -0.15) is 0 Å². The van der Waals surface area contributed by atoms with Crippen LogP contribution in [0.1, 0.15) is 26.7 Å². The van der Waals surface area contributed by atoms with E-state index in [1.807, 2.05) is 0 Å². The molecule has 1 aliphatic carbocycles. The Kier molecular flexibility index (Phi) is 2.80. The van der Waals surface area contributed by atoms with Crippen LogP contribution in [-0.2, 0) is 0 Å². The molecule has 0 spiro atoms. The van der Waals surface area contributed by atoms with E-state index in [-0.39, 0.29) is 12.5 Å². The van der Waals surface area contributed by atoms with Crippen molar-refractivity contribution in [1.82, 2.24) is 0 Å². The molecule has 3 nitrogen and oxygen atoms in total. The van der Waals surface area contributed by atoms with E-state index >= 15 is 0 Å². The molecular formula is C10H18O3. The maximum Gasteiger partial charge on any atom is 0.106 e. The van der Waals surface area contributed by atoms with E-state index in [1.165, 1.54) is 0 Å². The summed E-state index contributed by atoms with van der Waals surface area (Å²) in [6.45, 7) is 3.26. The van der Waals surface area contributed by atoms with Gasteiger partial charge in [-0.3, -0.25) is 0 Å². The summed E-state index contributed by atoms with van der Waals surface area (Å²) in [5.74, 6) is 0.0688. The van der Waals surface area contributed by atoms with Gasteiger partial charge in [0.1, 0.15) is 5.60 Å². The van der Waals surface area contributed by atoms with Crippen molar-refractivity contribution in [2.24, 2.45) is 5.92 Å². The first-order valence-electron chi connectivity index (χ1n) is 4.62. The standard InChI is InChI=1S/C10H18O3/c1-9(2,12)8-3-5-10(13,7-11)6-4-8/h3,5,8,11-13H,4,6-7H2,1-2H3. The van der Waals surface area contributed by atoms with Crippen LogP contribution in [0.3, 0.4) is 0 Å². The molecule has 0 bridgehead atoms. The van der Waals surface area contributed by atoms with Gasteiger partial charge in [-0.25, -0.2) is 0 Å². The molecule has 13 heavy (non-hydrogen) atoms. The first-order valence-corrected chi connectivity index (χ1v) is 4.62. The minimum Gasteiger partial charge on any atom is -0.393 e. The zero-order valence-electron chi connectivity index (χ0n) is 8.20. The van der Waals surface area contributed by atoms with Crippen LogP contribution in [-0.4, -0.2) is 33.1 Å². The van der Waals surface area contributed by atoms with Gasteiger partial charge >= 0.3 is 0 Å². The van der Waals surface area contributed by atoms with Gasteiger partial charge in [0.05, 0.1) is 12.2 Å². The van der Waals surface area contributed by atoms with Crippen LogP contribution in [0.5, 0.6) is 0 Å². The highest BCUT2D eigenvalue weighted by Crippen LogP contribution is 2.31. The summed E-state index contributed by atoms with van der Waals surface area (Å²) in [6.07, 6.45) is 4.60. The van der Waals surface area contributed by atoms with Crippen LogP contribution in [0.2, 0.25) is 0 Å². The molecule has 0 aromatic carbocycles. The molecule has 0 aliphatic heterocycles. The molecule has 0 saturated carbocycles. The second-order valence-corrected chi connectivity index (χ2v) is 4.42. The van der Waals surface area contributed by atoms with E-state index in [0.717, 1.165) is 0 Å². The van der Waals surface area contributed by atoms with Crippen molar-refractivity contribution in [3.8, 4) is 0 Å². The molecule has 0 heterocycles. The Labute approximate surface area is 78.7 Å². The first-order chi connectivity index (χ1) is 5.87. The lowest BCUT2D eigenvalue weighted by Crippen LogP contribution is -2.39. The molecule has 0 aromatic rings. The number of hydrogen-bond donors (Lipinski definition) is 3. The monoisotopic (exact) mass is 186 g/mol. The van der Waals surface area contributed by atoms with E-state index in [1.54, 1.807) is 26.0 Å². The Hall–Kier alpha value is -0.380. The molecular weight excluding hydrogens is 168 g/mol. The number of rotatable bonds is 2. The third-order valence-electron chi connectivity index (χ3n) is 2.71. The van der Waals surface area contributed by atoms with Crippen LogP contribution in [0, 0.1) is 5.92 Å². The second-order valence-electron chi connectivity index (χ2n) is 4.42. The maximum absolute atomic E-state index is 9.69. The van der Waals surface area contributed by atoms with Gasteiger partial charge in [-0.05, 0) is 26.7 Å². The Morgan fingerprint density at radius 2 is 2.15 bits per heavy atom. The topological polar surface area (TPSA) is 60.7 Å². The summed E-state index contributed by atoms with van der Waals surface area (Å²) >= 11 is 0. The lowest BCUT2D eigenvalue weighted by atomic mass is 9.78. The average molecular weight is 186 g/mol. The summed E-state index contributed by atoms with van der Waals surface area (Å²) in [5.41, 5.74) is -1.81. The van der Waals surface area contributed by atoms with Crippen LogP contribution in [0.25, 0.3) is 0 Å². The zero-order valence-corrected chi connectivity index (χ0v) is 8.20. The normalized spacial score (nSPS) is 35.0. The molecule has 0 saturated heterocycles. The largest absolute Gasteiger partial charge is 0.393 e. The smallest absolute Gasteiger partial charge is 0.106 e. The fourth-order valence-electron chi connectivity index (χ4n) is 1.60. The third kappa shape index (κ3) is 2.53. The minimum atomic E-state index is -1.07. The predicted octanol–water partition coefficient (Wildman–Crippen LogP) is 0.447. The van der Waals surface area contributed by atoms with Gasteiger partial charge in [-0.1, -0.05) is 12.2 Å². The highest BCUT2D eigenvalue weighted by atomic mass is 16.3. The van der Waals surface area contributed by atoms with Crippen molar-refractivity contribution in [3.05, 3.63) is 12.2 Å².